The van der Waals surface area contributed by atoms with Crippen LogP contribution in [-0.4, -0.2) is 19.3 Å². The molecule has 2 aromatic heterocycles. The molecule has 4 rings (SSSR count). The van der Waals surface area contributed by atoms with Crippen molar-refractivity contribution in [3.63, 3.8) is 0 Å². The van der Waals surface area contributed by atoms with E-state index in [-0.39, 0.29) is 10.8 Å². The van der Waals surface area contributed by atoms with Crippen LogP contribution in [-0.2, 0) is 10.0 Å². The van der Waals surface area contributed by atoms with Crippen molar-refractivity contribution in [1.82, 2.24) is 4.98 Å². The van der Waals surface area contributed by atoms with Gasteiger partial charge in [0.1, 0.15) is 0 Å². The summed E-state index contributed by atoms with van der Waals surface area (Å²) in [5.41, 5.74) is 2.58. The normalized spacial score (nSPS) is 11.2. The van der Waals surface area contributed by atoms with E-state index in [1.165, 1.54) is 11.3 Å². The van der Waals surface area contributed by atoms with Gasteiger partial charge >= 0.3 is 0 Å². The third-order valence-corrected chi connectivity index (χ3v) is 7.28. The van der Waals surface area contributed by atoms with Gasteiger partial charge in [-0.1, -0.05) is 23.8 Å². The second-order valence-electron chi connectivity index (χ2n) is 6.47. The smallest absolute Gasteiger partial charge is 0.261 e. The van der Waals surface area contributed by atoms with E-state index < -0.39 is 10.0 Å². The minimum atomic E-state index is -3.69. The lowest BCUT2D eigenvalue weighted by Gasteiger charge is -2.09. The highest BCUT2D eigenvalue weighted by Gasteiger charge is 2.15. The van der Waals surface area contributed by atoms with E-state index in [1.54, 1.807) is 59.9 Å². The summed E-state index contributed by atoms with van der Waals surface area (Å²) in [5.74, 6) is -0.310. The Kier molecular flexibility index (Phi) is 5.67. The molecule has 0 aliphatic heterocycles. The largest absolute Gasteiger partial charge is 0.298 e. The van der Waals surface area contributed by atoms with E-state index in [9.17, 15) is 13.2 Å². The number of nitrogens with one attached hydrogen (secondary N) is 2. The molecule has 0 aliphatic rings. The number of aryl methyl sites for hydroxylation is 1. The Bertz CT molecular complexity index is 1260. The summed E-state index contributed by atoms with van der Waals surface area (Å²) >= 11 is 2.94. The molecule has 0 unspecified atom stereocenters. The monoisotopic (exact) mass is 455 g/mol. The summed E-state index contributed by atoms with van der Waals surface area (Å²) in [6.07, 6.45) is 0. The fourth-order valence-electron chi connectivity index (χ4n) is 2.66. The van der Waals surface area contributed by atoms with E-state index in [4.69, 9.17) is 0 Å². The van der Waals surface area contributed by atoms with E-state index in [2.05, 4.69) is 15.0 Å². The van der Waals surface area contributed by atoms with Gasteiger partial charge in [0, 0.05) is 16.6 Å². The van der Waals surface area contributed by atoms with Gasteiger partial charge in [-0.05, 0) is 54.8 Å². The lowest BCUT2D eigenvalue weighted by molar-refractivity contribution is 0.102. The van der Waals surface area contributed by atoms with Gasteiger partial charge in [0.05, 0.1) is 15.5 Å². The Hall–Kier alpha value is -3.01. The second-order valence-corrected chi connectivity index (χ2v) is 9.95. The summed E-state index contributed by atoms with van der Waals surface area (Å²) in [6, 6.07) is 16.8. The number of carbonyl (C=O) groups is 1. The lowest BCUT2D eigenvalue weighted by atomic mass is 10.2. The Labute approximate surface area is 182 Å². The van der Waals surface area contributed by atoms with Crippen LogP contribution in [0.3, 0.4) is 0 Å². The molecule has 1 amide bonds. The Balaban J connectivity index is 1.43. The number of hydrogen-bond donors (Lipinski definition) is 2. The molecular weight excluding hydrogens is 438 g/mol. The zero-order valence-electron chi connectivity index (χ0n) is 15.8. The highest BCUT2D eigenvalue weighted by Crippen LogP contribution is 2.28. The predicted octanol–water partition coefficient (Wildman–Crippen LogP) is 5.23. The Morgan fingerprint density at radius 3 is 2.37 bits per heavy atom. The van der Waals surface area contributed by atoms with Gasteiger partial charge in [0.2, 0.25) is 0 Å². The van der Waals surface area contributed by atoms with Crippen molar-refractivity contribution < 1.29 is 13.2 Å². The van der Waals surface area contributed by atoms with Gasteiger partial charge in [0.15, 0.2) is 5.13 Å². The first kappa shape index (κ1) is 20.3. The van der Waals surface area contributed by atoms with Crippen LogP contribution in [0.25, 0.3) is 10.6 Å². The van der Waals surface area contributed by atoms with Gasteiger partial charge in [-0.2, -0.15) is 0 Å². The topological polar surface area (TPSA) is 88.2 Å². The molecule has 4 aromatic rings. The number of thiazole rings is 1. The number of rotatable bonds is 6. The van der Waals surface area contributed by atoms with Crippen molar-refractivity contribution in [2.24, 2.45) is 0 Å². The van der Waals surface area contributed by atoms with Gasteiger partial charge < -0.3 is 0 Å². The average molecular weight is 456 g/mol. The van der Waals surface area contributed by atoms with Crippen LogP contribution in [0, 0.1) is 6.92 Å². The van der Waals surface area contributed by atoms with Crippen molar-refractivity contribution in [3.05, 3.63) is 82.6 Å². The van der Waals surface area contributed by atoms with Crippen molar-refractivity contribution >= 4 is 49.4 Å². The first-order valence-corrected chi connectivity index (χ1v) is 12.2. The molecule has 2 heterocycles. The molecule has 2 aromatic carbocycles. The van der Waals surface area contributed by atoms with Crippen LogP contribution >= 0.6 is 22.7 Å². The zero-order valence-corrected chi connectivity index (χ0v) is 18.3. The third-order valence-electron chi connectivity index (χ3n) is 4.23. The number of thiophene rings is 1. The Morgan fingerprint density at radius 1 is 0.967 bits per heavy atom. The first-order chi connectivity index (χ1) is 14.4. The van der Waals surface area contributed by atoms with E-state index >= 15 is 0 Å². The van der Waals surface area contributed by atoms with Crippen LogP contribution in [0.2, 0.25) is 0 Å². The third kappa shape index (κ3) is 4.59. The minimum Gasteiger partial charge on any atom is -0.298 e. The fourth-order valence-corrected chi connectivity index (χ4v) is 5.18. The molecule has 0 bridgehead atoms. The number of amides is 1. The molecule has 0 aliphatic carbocycles. The number of anilines is 2. The molecule has 0 spiro atoms. The fraction of sp³-hybridized carbons (Fsp3) is 0.0476. The molecule has 9 heteroatoms. The molecule has 30 heavy (non-hydrogen) atoms. The highest BCUT2D eigenvalue weighted by atomic mass is 32.2. The first-order valence-electron chi connectivity index (χ1n) is 8.91. The maximum Gasteiger partial charge on any atom is 0.261 e. The van der Waals surface area contributed by atoms with E-state index in [0.717, 1.165) is 16.1 Å². The van der Waals surface area contributed by atoms with Crippen molar-refractivity contribution in [1.29, 1.82) is 0 Å². The predicted molar refractivity (Wildman–Crippen MR) is 122 cm³/mol. The number of sulfonamides is 1. The van der Waals surface area contributed by atoms with Crippen molar-refractivity contribution in [2.45, 2.75) is 11.8 Å². The molecule has 0 saturated heterocycles. The van der Waals surface area contributed by atoms with E-state index in [1.807, 2.05) is 29.8 Å². The summed E-state index contributed by atoms with van der Waals surface area (Å²) < 4.78 is 27.5. The number of benzene rings is 2. The number of carbonyl (C=O) groups excluding carboxylic acids is 1. The molecule has 6 nitrogen and oxygen atoms in total. The molecule has 152 valence electrons. The number of hydrogen-bond acceptors (Lipinski definition) is 6. The number of aromatic nitrogens is 1. The van der Waals surface area contributed by atoms with Gasteiger partial charge in [-0.15, -0.1) is 22.7 Å². The Morgan fingerprint density at radius 2 is 1.70 bits per heavy atom. The summed E-state index contributed by atoms with van der Waals surface area (Å²) in [6.45, 7) is 1.89. The molecule has 0 atom stereocenters. The quantitative estimate of drug-likeness (QED) is 0.416. The SMILES string of the molecule is Cc1ccc(S(=O)(=O)Nc2ccc(C(=O)Nc3nc(-c4cccs4)cs3)cc2)cc1. The molecule has 0 fully saturated rings. The van der Waals surface area contributed by atoms with Gasteiger partial charge in [-0.25, -0.2) is 13.4 Å². The van der Waals surface area contributed by atoms with Crippen LogP contribution in [0.4, 0.5) is 10.8 Å². The average Bonchev–Trinajstić information content (AvgIpc) is 3.40. The molecular formula is C21H17N3O3S3. The molecule has 2 N–H and O–H groups in total. The second kappa shape index (κ2) is 8.39. The van der Waals surface area contributed by atoms with Crippen molar-refractivity contribution in [2.75, 3.05) is 10.0 Å². The van der Waals surface area contributed by atoms with Gasteiger partial charge in [0.25, 0.3) is 15.9 Å². The summed E-state index contributed by atoms with van der Waals surface area (Å²) in [5, 5.41) is 7.15. The molecule has 0 radical (unpaired) electrons. The van der Waals surface area contributed by atoms with E-state index in [0.29, 0.717) is 16.4 Å². The zero-order chi connectivity index (χ0) is 21.1. The molecule has 0 saturated carbocycles. The maximum absolute atomic E-state index is 12.5. The standard InChI is InChI=1S/C21H17N3O3S3/c1-14-4-10-17(11-5-14)30(26,27)24-16-8-6-15(7-9-16)20(25)23-21-22-18(13-29-21)19-3-2-12-28-19/h2-13,24H,1H3,(H,22,23,25). The minimum absolute atomic E-state index is 0.181. The van der Waals surface area contributed by atoms with Crippen LogP contribution in [0.5, 0.6) is 0 Å². The van der Waals surface area contributed by atoms with Crippen LogP contribution in [0.1, 0.15) is 15.9 Å². The van der Waals surface area contributed by atoms with Crippen LogP contribution in [0.15, 0.2) is 76.3 Å². The summed E-state index contributed by atoms with van der Waals surface area (Å²) in [7, 11) is -3.69. The van der Waals surface area contributed by atoms with Crippen molar-refractivity contribution in [3.8, 4) is 10.6 Å². The summed E-state index contributed by atoms with van der Waals surface area (Å²) in [4.78, 5) is 18.1. The highest BCUT2D eigenvalue weighted by molar-refractivity contribution is 7.92. The number of nitrogens with zero attached hydrogens (tertiary/aromatic N) is 1. The maximum atomic E-state index is 12.5. The lowest BCUT2D eigenvalue weighted by Crippen LogP contribution is -2.14. The van der Waals surface area contributed by atoms with Gasteiger partial charge in [-0.3, -0.25) is 14.8 Å². The van der Waals surface area contributed by atoms with Crippen LogP contribution < -0.4 is 10.0 Å².